The van der Waals surface area contributed by atoms with Gasteiger partial charge in [0.15, 0.2) is 49.6 Å². The Kier molecular flexibility index (Phi) is 10.3. The maximum atomic E-state index is 5.39. The molecule has 0 spiro atoms. The summed E-state index contributed by atoms with van der Waals surface area (Å²) in [4.78, 5) is 18.4. The van der Waals surface area contributed by atoms with E-state index in [0.29, 0.717) is 0 Å². The van der Waals surface area contributed by atoms with Crippen LogP contribution in [0, 0.1) is 0 Å². The molecule has 2 aliphatic rings. The molecule has 0 aliphatic carbocycles. The van der Waals surface area contributed by atoms with Crippen molar-refractivity contribution in [3.8, 4) is 44.5 Å². The summed E-state index contributed by atoms with van der Waals surface area (Å²) in [5.41, 5.74) is 15.9. The van der Waals surface area contributed by atoms with Crippen LogP contribution in [0.3, 0.4) is 0 Å². The molecule has 55 heavy (non-hydrogen) atoms. The van der Waals surface area contributed by atoms with Gasteiger partial charge >= 0.3 is 33.3 Å². The fourth-order valence-electron chi connectivity index (χ4n) is 7.09. The van der Waals surface area contributed by atoms with Crippen LogP contribution in [-0.2, 0) is 41.3 Å². The first-order chi connectivity index (χ1) is 26.8. The molecule has 8 nitrogen and oxygen atoms in total. The number of nitrogens with one attached hydrogen (secondary N) is 2. The van der Waals surface area contributed by atoms with E-state index in [1.165, 1.54) is 0 Å². The fraction of sp³-hybridized carbons (Fsp3) is 0.0909. The molecule has 0 amide bonds. The second-order valence-corrected chi connectivity index (χ2v) is 15.4. The van der Waals surface area contributed by atoms with Gasteiger partial charge in [-0.1, -0.05) is 0 Å². The van der Waals surface area contributed by atoms with Crippen molar-refractivity contribution in [3.05, 3.63) is 145 Å². The summed E-state index contributed by atoms with van der Waals surface area (Å²) in [6, 6.07) is 25.8. The first kappa shape index (κ1) is 36.3. The Bertz CT molecular complexity index is 2420. The molecule has 0 aromatic carbocycles. The van der Waals surface area contributed by atoms with Crippen LogP contribution in [0.1, 0.15) is 28.5 Å². The second kappa shape index (κ2) is 15.6. The molecule has 0 fully saturated rings. The molecular weight excluding hydrogens is 767 g/mol. The van der Waals surface area contributed by atoms with E-state index >= 15 is 0 Å². The molecule has 11 heteroatoms. The molecule has 9 rings (SSSR count). The average Bonchev–Trinajstić information content (AvgIpc) is 4.03. The van der Waals surface area contributed by atoms with E-state index in [4.69, 9.17) is 30.2 Å². The monoisotopic (exact) mass is 820 g/mol. The van der Waals surface area contributed by atoms with Gasteiger partial charge in [-0.15, -0.1) is 0 Å². The van der Waals surface area contributed by atoms with Crippen molar-refractivity contribution in [2.45, 2.75) is 0 Å². The van der Waals surface area contributed by atoms with E-state index < -0.39 is 0 Å². The van der Waals surface area contributed by atoms with Gasteiger partial charge in [-0.2, -0.15) is 0 Å². The van der Waals surface area contributed by atoms with Crippen molar-refractivity contribution in [1.82, 2.24) is 19.9 Å². The zero-order valence-electron chi connectivity index (χ0n) is 30.6. The number of nitrogens with zero attached hydrogens (tertiary/aromatic N) is 6. The predicted molar refractivity (Wildman–Crippen MR) is 225 cm³/mol. The van der Waals surface area contributed by atoms with Crippen LogP contribution in [0.4, 0.5) is 0 Å². The van der Waals surface area contributed by atoms with Crippen LogP contribution in [-0.4, -0.2) is 19.9 Å². The Balaban J connectivity index is 0.00000107. The maximum absolute atomic E-state index is 5.39. The molecule has 0 atom stereocenters. The van der Waals surface area contributed by atoms with E-state index in [2.05, 4.69) is 157 Å². The second-order valence-electron chi connectivity index (χ2n) is 13.6. The summed E-state index contributed by atoms with van der Waals surface area (Å²) in [5.74, 6) is 0. The van der Waals surface area contributed by atoms with E-state index in [1.54, 1.807) is 0 Å². The normalized spacial score (nSPS) is 11.8. The van der Waals surface area contributed by atoms with E-state index in [-0.39, 0.29) is 18.8 Å². The number of pyridine rings is 4. The minimum absolute atomic E-state index is 0. The van der Waals surface area contributed by atoms with Gasteiger partial charge < -0.3 is 9.97 Å². The third-order valence-corrected chi connectivity index (χ3v) is 9.82. The first-order valence-corrected chi connectivity index (χ1v) is 20.7. The Morgan fingerprint density at radius 1 is 0.400 bits per heavy atom. The molecule has 0 saturated carbocycles. The van der Waals surface area contributed by atoms with Crippen molar-refractivity contribution in [3.63, 3.8) is 0 Å². The Hall–Kier alpha value is -5.70. The Morgan fingerprint density at radius 3 is 0.800 bits per heavy atom. The number of aromatic nitrogens is 8. The third-order valence-electron chi connectivity index (χ3n) is 9.82. The molecule has 7 aromatic heterocycles. The van der Waals surface area contributed by atoms with Crippen molar-refractivity contribution in [2.75, 3.05) is 0 Å². The van der Waals surface area contributed by atoms with Crippen molar-refractivity contribution in [2.24, 2.45) is 28.2 Å². The zero-order valence-corrected chi connectivity index (χ0v) is 33.3. The molecule has 7 aromatic rings. The summed E-state index contributed by atoms with van der Waals surface area (Å²) in [5, 5.41) is 0. The van der Waals surface area contributed by atoms with E-state index in [0.717, 1.165) is 89.4 Å². The Morgan fingerprint density at radius 2 is 0.600 bits per heavy atom. The number of hydrogen-bond donors (Lipinski definition) is 2. The van der Waals surface area contributed by atoms with Crippen LogP contribution in [0.25, 0.3) is 90.9 Å². The van der Waals surface area contributed by atoms with Gasteiger partial charge in [-0.3, -0.25) is 0 Å². The number of fused-ring (bicyclic) bond motifs is 8. The van der Waals surface area contributed by atoms with Crippen molar-refractivity contribution >= 4 is 66.6 Å². The quantitative estimate of drug-likeness (QED) is 0.138. The molecule has 0 saturated heterocycles. The number of halogens is 2. The summed E-state index contributed by atoms with van der Waals surface area (Å²) in [7, 11) is 17.7. The average molecular weight is 822 g/mol. The van der Waals surface area contributed by atoms with Gasteiger partial charge in [0.2, 0.25) is 0 Å². The van der Waals surface area contributed by atoms with Crippen LogP contribution in [0.5, 0.6) is 0 Å². The molecule has 280 valence electrons. The summed E-state index contributed by atoms with van der Waals surface area (Å²) in [6.45, 7) is 0. The van der Waals surface area contributed by atoms with Gasteiger partial charge in [0.05, 0.1) is 22.8 Å². The molecule has 2 aliphatic heterocycles. The van der Waals surface area contributed by atoms with Gasteiger partial charge in [-0.25, -0.2) is 28.2 Å². The number of hydrogen-bond acceptors (Lipinski definition) is 2. The fourth-order valence-corrected chi connectivity index (χ4v) is 7.09. The Labute approximate surface area is 339 Å². The topological polar surface area (TPSA) is 72.9 Å². The van der Waals surface area contributed by atoms with Gasteiger partial charge in [-0.05, 0) is 70.8 Å². The van der Waals surface area contributed by atoms with Gasteiger partial charge in [0.1, 0.15) is 28.2 Å². The van der Waals surface area contributed by atoms with Gasteiger partial charge in [0, 0.05) is 98.6 Å². The van der Waals surface area contributed by atoms with Gasteiger partial charge in [0.25, 0.3) is 0 Å². The molecule has 0 radical (unpaired) electrons. The first-order valence-electron chi connectivity index (χ1n) is 17.6. The van der Waals surface area contributed by atoms with E-state index in [9.17, 15) is 0 Å². The van der Waals surface area contributed by atoms with Crippen molar-refractivity contribution < 1.29 is 37.1 Å². The van der Waals surface area contributed by atoms with Crippen LogP contribution < -0.4 is 18.3 Å². The molecule has 9 heterocycles. The predicted octanol–water partition coefficient (Wildman–Crippen LogP) is 8.98. The molecule has 8 bridgehead atoms. The summed E-state index contributed by atoms with van der Waals surface area (Å²) < 4.78 is 8.20. The third kappa shape index (κ3) is 7.40. The number of aryl methyl sites for hydroxylation is 4. The summed E-state index contributed by atoms with van der Waals surface area (Å²) >= 11 is 0.194. The van der Waals surface area contributed by atoms with Crippen LogP contribution >= 0.6 is 20.2 Å². The van der Waals surface area contributed by atoms with Crippen molar-refractivity contribution in [1.29, 1.82) is 0 Å². The van der Waals surface area contributed by atoms with Crippen LogP contribution in [0.2, 0.25) is 0 Å². The number of aromatic amines is 2. The summed E-state index contributed by atoms with van der Waals surface area (Å²) in [6.07, 6.45) is 25.2. The zero-order chi connectivity index (χ0) is 38.1. The molecular formula is C44H46Cl2FeN8+4. The van der Waals surface area contributed by atoms with E-state index in [1.807, 2.05) is 46.5 Å². The van der Waals surface area contributed by atoms with Crippen LogP contribution in [0.15, 0.2) is 122 Å². The minimum atomic E-state index is 0. The SMILES string of the molecule is C[n+]1ccc(-c2c3nc(c(-c4cc[n+](C)cc4)c4ccc([nH]4)c(-c4cc[n+](C)cc4)c4nc(c(-c5cc[n+](C)cc5)c5ccc2[nH]5)C=C4)C=C3)cc1.[3HH].[3HH].[3HH].[3HH].[Cl][Fe][Cl]. The number of H-pyrrole nitrogens is 2. The number of rotatable bonds is 4. The molecule has 0 unspecified atom stereocenters. The molecule has 2 N–H and O–H groups in total. The standard InChI is InChI=1S/C44H37N8.2ClH.Fe.4H2/c1-49-21-13-29(14-22-49)41-33-5-7-35(45-33)42(30-15-23-50(2)24-16-30)37-9-11-39(47-37)44(32-19-27-52(4)28-20-32)40-12-10-38(48-40)43(36-8-6-34(41)46-36)31-17-25-51(3)26-18-31;;;;;;;/h5-28H,1-4H3,(H,45,46,47,48);2*1H;;4*1H/q+3;;;+2;;;;/p-1/i;;;;4*1+2.